The lowest BCUT2D eigenvalue weighted by Gasteiger charge is -2.34. The quantitative estimate of drug-likeness (QED) is 0.719. The summed E-state index contributed by atoms with van der Waals surface area (Å²) in [6.07, 6.45) is 7.01. The van der Waals surface area contributed by atoms with Crippen LogP contribution in [0.2, 0.25) is 0 Å². The largest absolute Gasteiger partial charge is 0.365 e. The highest BCUT2D eigenvalue weighted by molar-refractivity contribution is 6.00. The summed E-state index contributed by atoms with van der Waals surface area (Å²) in [5, 5.41) is 3.49. The predicted molar refractivity (Wildman–Crippen MR) is 111 cm³/mol. The lowest BCUT2D eigenvalue weighted by Crippen LogP contribution is -2.47. The summed E-state index contributed by atoms with van der Waals surface area (Å²) in [4.78, 5) is 28.3. The van der Waals surface area contributed by atoms with Crippen molar-refractivity contribution < 1.29 is 9.18 Å². The van der Waals surface area contributed by atoms with Gasteiger partial charge in [0.2, 0.25) is 0 Å². The molecule has 2 aromatic heterocycles. The summed E-state index contributed by atoms with van der Waals surface area (Å²) in [5.74, 6) is 1.05. The smallest absolute Gasteiger partial charge is 0.255 e. The van der Waals surface area contributed by atoms with Gasteiger partial charge < -0.3 is 10.2 Å². The molecule has 0 spiro atoms. The molecular formula is C23H22FN5O. The van der Waals surface area contributed by atoms with E-state index < -0.39 is 5.82 Å². The number of benzene rings is 1. The number of rotatable bonds is 4. The Morgan fingerprint density at radius 2 is 1.97 bits per heavy atom. The van der Waals surface area contributed by atoms with E-state index in [0.717, 1.165) is 24.2 Å². The van der Waals surface area contributed by atoms with Crippen LogP contribution in [0, 0.1) is 18.7 Å². The van der Waals surface area contributed by atoms with Crippen molar-refractivity contribution in [1.29, 1.82) is 0 Å². The number of aryl methyl sites for hydroxylation is 1. The Morgan fingerprint density at radius 1 is 1.13 bits per heavy atom. The number of carbonyl (C=O) groups is 1. The van der Waals surface area contributed by atoms with Crippen molar-refractivity contribution in [1.82, 2.24) is 19.9 Å². The molecule has 5 rings (SSSR count). The number of hydrogen-bond acceptors (Lipinski definition) is 5. The van der Waals surface area contributed by atoms with Crippen LogP contribution in [0.4, 0.5) is 10.2 Å². The van der Waals surface area contributed by atoms with Gasteiger partial charge in [-0.05, 0) is 61.6 Å². The second-order valence-electron chi connectivity index (χ2n) is 8.10. The van der Waals surface area contributed by atoms with E-state index in [1.165, 1.54) is 12.1 Å². The van der Waals surface area contributed by atoms with Crippen LogP contribution >= 0.6 is 0 Å². The van der Waals surface area contributed by atoms with Gasteiger partial charge in [0, 0.05) is 36.7 Å². The Morgan fingerprint density at radius 3 is 2.70 bits per heavy atom. The fraction of sp³-hybridized carbons (Fsp3) is 0.304. The molecule has 1 aliphatic carbocycles. The second-order valence-corrected chi connectivity index (χ2v) is 8.10. The molecular weight excluding hydrogens is 381 g/mol. The molecule has 1 amide bonds. The van der Waals surface area contributed by atoms with E-state index in [0.29, 0.717) is 29.4 Å². The zero-order chi connectivity index (χ0) is 20.7. The number of pyridine rings is 1. The predicted octanol–water partition coefficient (Wildman–Crippen LogP) is 3.70. The van der Waals surface area contributed by atoms with Gasteiger partial charge in [-0.2, -0.15) is 0 Å². The van der Waals surface area contributed by atoms with Crippen LogP contribution in [0.25, 0.3) is 11.4 Å². The van der Waals surface area contributed by atoms with E-state index >= 15 is 0 Å². The molecule has 1 aliphatic heterocycles. The summed E-state index contributed by atoms with van der Waals surface area (Å²) in [6, 6.07) is 10.1. The van der Waals surface area contributed by atoms with E-state index in [1.54, 1.807) is 24.5 Å². The molecule has 3 aromatic rings. The molecule has 30 heavy (non-hydrogen) atoms. The number of fused-ring (bicyclic) bond motifs is 2. The number of aromatic nitrogens is 3. The zero-order valence-corrected chi connectivity index (χ0v) is 16.6. The van der Waals surface area contributed by atoms with Crippen molar-refractivity contribution in [2.75, 3.05) is 11.9 Å². The molecule has 2 aliphatic rings. The highest BCUT2D eigenvalue weighted by atomic mass is 19.1. The summed E-state index contributed by atoms with van der Waals surface area (Å²) in [5.41, 5.74) is 1.96. The minimum absolute atomic E-state index is 0.0541. The van der Waals surface area contributed by atoms with Gasteiger partial charge in [0.25, 0.3) is 5.91 Å². The number of nitrogens with one attached hydrogen (secondary N) is 1. The van der Waals surface area contributed by atoms with E-state index in [-0.39, 0.29) is 18.0 Å². The third kappa shape index (κ3) is 3.40. The van der Waals surface area contributed by atoms with Crippen molar-refractivity contribution in [3.63, 3.8) is 0 Å². The molecule has 0 radical (unpaired) electrons. The average Bonchev–Trinajstić information content (AvgIpc) is 3.36. The Bertz CT molecular complexity index is 1070. The van der Waals surface area contributed by atoms with Crippen LogP contribution < -0.4 is 5.32 Å². The molecule has 1 N–H and O–H groups in total. The zero-order valence-electron chi connectivity index (χ0n) is 16.6. The summed E-state index contributed by atoms with van der Waals surface area (Å²) in [7, 11) is 0. The van der Waals surface area contributed by atoms with Crippen LogP contribution in [-0.4, -0.2) is 44.4 Å². The third-order valence-electron chi connectivity index (χ3n) is 6.01. The van der Waals surface area contributed by atoms with E-state index in [1.807, 2.05) is 30.2 Å². The number of likely N-dealkylation sites (tertiary alicyclic amines) is 1. The molecule has 2 fully saturated rings. The summed E-state index contributed by atoms with van der Waals surface area (Å²) >= 11 is 0. The molecule has 2 bridgehead atoms. The lowest BCUT2D eigenvalue weighted by molar-refractivity contribution is 0.0692. The minimum Gasteiger partial charge on any atom is -0.365 e. The van der Waals surface area contributed by atoms with Crippen molar-refractivity contribution in [2.45, 2.75) is 31.8 Å². The van der Waals surface area contributed by atoms with Crippen LogP contribution in [0.1, 0.15) is 28.8 Å². The maximum absolute atomic E-state index is 14.1. The highest BCUT2D eigenvalue weighted by Crippen LogP contribution is 2.40. The van der Waals surface area contributed by atoms with Gasteiger partial charge in [-0.1, -0.05) is 6.07 Å². The number of amides is 1. The summed E-state index contributed by atoms with van der Waals surface area (Å²) < 4.78 is 14.1. The third-order valence-corrected chi connectivity index (χ3v) is 6.01. The van der Waals surface area contributed by atoms with Crippen LogP contribution in [0.15, 0.2) is 55.0 Å². The monoisotopic (exact) mass is 403 g/mol. The maximum Gasteiger partial charge on any atom is 0.255 e. The first-order valence-corrected chi connectivity index (χ1v) is 10.2. The fourth-order valence-electron chi connectivity index (χ4n) is 4.64. The molecule has 152 valence electrons. The van der Waals surface area contributed by atoms with Crippen LogP contribution in [0.3, 0.4) is 0 Å². The molecule has 6 nitrogen and oxygen atoms in total. The average molecular weight is 403 g/mol. The van der Waals surface area contributed by atoms with Gasteiger partial charge in [0.05, 0.1) is 11.6 Å². The van der Waals surface area contributed by atoms with E-state index in [9.17, 15) is 9.18 Å². The first-order chi connectivity index (χ1) is 14.6. The van der Waals surface area contributed by atoms with Crippen LogP contribution in [-0.2, 0) is 0 Å². The molecule has 1 saturated heterocycles. The van der Waals surface area contributed by atoms with E-state index in [2.05, 4.69) is 20.3 Å². The van der Waals surface area contributed by atoms with Gasteiger partial charge in [-0.15, -0.1) is 0 Å². The van der Waals surface area contributed by atoms with Crippen molar-refractivity contribution in [2.24, 2.45) is 5.92 Å². The molecule has 7 heteroatoms. The Balaban J connectivity index is 1.42. The minimum atomic E-state index is -0.444. The Hall–Kier alpha value is -3.35. The van der Waals surface area contributed by atoms with E-state index in [4.69, 9.17) is 0 Å². The van der Waals surface area contributed by atoms with Gasteiger partial charge >= 0.3 is 0 Å². The number of nitrogens with zero attached hydrogens (tertiary/aromatic N) is 4. The molecule has 3 heterocycles. The standard InChI is InChI=1S/C23H22FN5O/c1-14-3-6-21(27-12-14)28-19-9-15-10-20(19)29(13-15)23(30)18-11-16(24)4-5-17(18)22-25-7-2-8-26-22/h2-8,11-12,15,19-20H,9-10,13H2,1H3,(H,27,28). The number of piperidine rings is 1. The van der Waals surface area contributed by atoms with Crippen molar-refractivity contribution in [3.8, 4) is 11.4 Å². The number of anilines is 1. The van der Waals surface area contributed by atoms with Crippen molar-refractivity contribution in [3.05, 3.63) is 71.9 Å². The van der Waals surface area contributed by atoms with Gasteiger partial charge in [0.15, 0.2) is 5.82 Å². The maximum atomic E-state index is 14.1. The van der Waals surface area contributed by atoms with Gasteiger partial charge in [0.1, 0.15) is 11.6 Å². The number of carbonyl (C=O) groups excluding carboxylic acids is 1. The second kappa shape index (κ2) is 7.48. The number of halogens is 1. The molecule has 1 saturated carbocycles. The highest BCUT2D eigenvalue weighted by Gasteiger charge is 2.47. The first kappa shape index (κ1) is 18.7. The molecule has 3 unspecified atom stereocenters. The normalized spacial score (nSPS) is 22.3. The topological polar surface area (TPSA) is 71.0 Å². The Kier molecular flexibility index (Phi) is 4.65. The Labute approximate surface area is 174 Å². The SMILES string of the molecule is Cc1ccc(NC2CC3CC2N(C(=O)c2cc(F)ccc2-c2ncccn2)C3)nc1. The van der Waals surface area contributed by atoms with Crippen molar-refractivity contribution >= 4 is 11.7 Å². The molecule has 1 aromatic carbocycles. The van der Waals surface area contributed by atoms with Gasteiger partial charge in [-0.25, -0.2) is 19.3 Å². The first-order valence-electron chi connectivity index (χ1n) is 10.2. The summed E-state index contributed by atoms with van der Waals surface area (Å²) in [6.45, 7) is 2.69. The number of hydrogen-bond donors (Lipinski definition) is 1. The van der Waals surface area contributed by atoms with Crippen LogP contribution in [0.5, 0.6) is 0 Å². The molecule has 3 atom stereocenters. The van der Waals surface area contributed by atoms with Gasteiger partial charge in [-0.3, -0.25) is 4.79 Å². The fourth-order valence-corrected chi connectivity index (χ4v) is 4.64. The lowest BCUT2D eigenvalue weighted by atomic mass is 10.0.